The number of hydrogen-bond donors (Lipinski definition) is 1. The molecule has 3 amide bonds. The summed E-state index contributed by atoms with van der Waals surface area (Å²) < 4.78 is 35.2. The van der Waals surface area contributed by atoms with Crippen LogP contribution in [-0.2, 0) is 14.8 Å². The van der Waals surface area contributed by atoms with Crippen LogP contribution in [0.3, 0.4) is 0 Å². The summed E-state index contributed by atoms with van der Waals surface area (Å²) in [4.78, 5) is 35.3. The summed E-state index contributed by atoms with van der Waals surface area (Å²) in [6.45, 7) is 3.53. The molecule has 0 radical (unpaired) electrons. The van der Waals surface area contributed by atoms with Crippen molar-refractivity contribution in [2.45, 2.75) is 43.2 Å². The van der Waals surface area contributed by atoms with E-state index in [0.717, 1.165) is 30.4 Å². The van der Waals surface area contributed by atoms with E-state index in [1.54, 1.807) is 47.4 Å². The Morgan fingerprint density at radius 1 is 0.935 bits per heavy atom. The monoisotopic (exact) mass is 683 g/mol. The van der Waals surface area contributed by atoms with Crippen molar-refractivity contribution in [2.24, 2.45) is 4.99 Å². The molecule has 13 heteroatoms. The number of hydrogen-bond acceptors (Lipinski definition) is 6. The zero-order chi connectivity index (χ0) is 32.4. The van der Waals surface area contributed by atoms with Gasteiger partial charge < -0.3 is 15.0 Å². The summed E-state index contributed by atoms with van der Waals surface area (Å²) >= 11 is 12.5. The summed E-state index contributed by atoms with van der Waals surface area (Å²) in [7, 11) is -3.83. The van der Waals surface area contributed by atoms with Crippen molar-refractivity contribution < 1.29 is 22.7 Å². The number of benzene rings is 3. The van der Waals surface area contributed by atoms with Crippen LogP contribution in [0.25, 0.3) is 0 Å². The maximum atomic E-state index is 14.6. The van der Waals surface area contributed by atoms with Gasteiger partial charge >= 0.3 is 6.03 Å². The van der Waals surface area contributed by atoms with E-state index >= 15 is 0 Å². The fourth-order valence-corrected chi connectivity index (χ4v) is 7.98. The van der Waals surface area contributed by atoms with Crippen molar-refractivity contribution in [2.75, 3.05) is 39.3 Å². The van der Waals surface area contributed by atoms with E-state index in [1.807, 2.05) is 31.2 Å². The molecule has 6 rings (SSSR count). The van der Waals surface area contributed by atoms with Crippen molar-refractivity contribution in [3.8, 4) is 5.75 Å². The van der Waals surface area contributed by atoms with Crippen molar-refractivity contribution in [3.05, 3.63) is 93.5 Å². The van der Waals surface area contributed by atoms with Gasteiger partial charge in [0, 0.05) is 36.2 Å². The van der Waals surface area contributed by atoms with Gasteiger partial charge in [-0.25, -0.2) is 13.2 Å². The molecule has 0 aliphatic carbocycles. The molecule has 0 aromatic heterocycles. The number of rotatable bonds is 7. The summed E-state index contributed by atoms with van der Waals surface area (Å²) in [5.74, 6) is 0.369. The average Bonchev–Trinajstić information content (AvgIpc) is 3.46. The van der Waals surface area contributed by atoms with E-state index < -0.39 is 28.1 Å². The number of nitrogens with one attached hydrogen (secondary N) is 1. The van der Waals surface area contributed by atoms with Crippen LogP contribution in [0.15, 0.2) is 76.6 Å². The molecular weight excluding hydrogens is 649 g/mol. The molecule has 3 aliphatic heterocycles. The zero-order valence-corrected chi connectivity index (χ0v) is 27.7. The van der Waals surface area contributed by atoms with E-state index in [-0.39, 0.29) is 23.2 Å². The first-order valence-electron chi connectivity index (χ1n) is 15.4. The number of piperazine rings is 1. The molecule has 10 nitrogen and oxygen atoms in total. The minimum Gasteiger partial charge on any atom is -0.493 e. The molecule has 3 aromatic rings. The molecular formula is C33H35Cl2N5O5S. The van der Waals surface area contributed by atoms with Crippen molar-refractivity contribution in [1.29, 1.82) is 0 Å². The summed E-state index contributed by atoms with van der Waals surface area (Å²) in [5, 5.41) is 3.85. The van der Waals surface area contributed by atoms with Crippen molar-refractivity contribution >= 4 is 51.0 Å². The van der Waals surface area contributed by atoms with Gasteiger partial charge in [-0.15, -0.1) is 0 Å². The number of halogens is 2. The molecule has 2 saturated heterocycles. The fourth-order valence-electron chi connectivity index (χ4n) is 6.19. The highest BCUT2D eigenvalue weighted by molar-refractivity contribution is 7.89. The Balaban J connectivity index is 1.55. The number of sulfonamides is 1. The fraction of sp³-hybridized carbons (Fsp3) is 0.364. The largest absolute Gasteiger partial charge is 0.493 e. The van der Waals surface area contributed by atoms with Gasteiger partial charge in [0.25, 0.3) is 0 Å². The topological polar surface area (TPSA) is 112 Å². The van der Waals surface area contributed by atoms with E-state index in [2.05, 4.69) is 5.32 Å². The highest BCUT2D eigenvalue weighted by Gasteiger charge is 2.45. The van der Waals surface area contributed by atoms with Crippen LogP contribution >= 0.6 is 23.2 Å². The third-order valence-electron chi connectivity index (χ3n) is 8.45. The lowest BCUT2D eigenvalue weighted by Gasteiger charge is -2.36. The highest BCUT2D eigenvalue weighted by atomic mass is 35.5. The van der Waals surface area contributed by atoms with Gasteiger partial charge in [0.1, 0.15) is 24.2 Å². The number of piperidine rings is 1. The number of ether oxygens (including phenoxy) is 1. The molecule has 46 heavy (non-hydrogen) atoms. The lowest BCUT2D eigenvalue weighted by Crippen LogP contribution is -2.55. The maximum absolute atomic E-state index is 14.6. The summed E-state index contributed by atoms with van der Waals surface area (Å²) in [5.41, 5.74) is 1.92. The van der Waals surface area contributed by atoms with Gasteiger partial charge in [-0.2, -0.15) is 4.31 Å². The van der Waals surface area contributed by atoms with E-state index in [0.29, 0.717) is 54.1 Å². The van der Waals surface area contributed by atoms with Gasteiger partial charge in [0.2, 0.25) is 15.9 Å². The Labute approximate surface area is 279 Å². The molecule has 2 atom stereocenters. The van der Waals surface area contributed by atoms with Crippen LogP contribution in [0, 0.1) is 0 Å². The normalized spacial score (nSPS) is 20.8. The molecule has 3 aliphatic rings. The van der Waals surface area contributed by atoms with Gasteiger partial charge in [-0.1, -0.05) is 53.9 Å². The number of carbonyl (C=O) groups excluding carboxylic acids is 2. The Morgan fingerprint density at radius 2 is 1.59 bits per heavy atom. The maximum Gasteiger partial charge on any atom is 0.326 e. The number of carbonyl (C=O) groups is 2. The number of amides is 3. The standard InChI is InChI=1S/C33H35Cl2N5O5S/c1-2-45-28-15-14-26(46(43,44)39-17-4-3-5-18-39)20-27(28)32-37-30(22-6-10-24(34)11-7-22)31(23-8-12-25(35)13-9-23)40(32)33(42)38-19-16-36-29(41)21-38/h6-15,20,30-31H,2-5,16-19,21H2,1H3,(H,36,41). The molecule has 2 fully saturated rings. The Morgan fingerprint density at radius 3 is 2.22 bits per heavy atom. The first kappa shape index (κ1) is 32.3. The number of nitrogens with zero attached hydrogens (tertiary/aromatic N) is 4. The molecule has 242 valence electrons. The van der Waals surface area contributed by atoms with Crippen LogP contribution in [-0.4, -0.2) is 79.6 Å². The molecule has 1 N–H and O–H groups in total. The first-order valence-corrected chi connectivity index (χ1v) is 17.6. The number of amidine groups is 1. The second kappa shape index (κ2) is 13.6. The molecule has 2 unspecified atom stereocenters. The molecule has 3 heterocycles. The predicted octanol–water partition coefficient (Wildman–Crippen LogP) is 5.66. The van der Waals surface area contributed by atoms with Gasteiger partial charge in [-0.05, 0) is 73.4 Å². The number of urea groups is 1. The van der Waals surface area contributed by atoms with Gasteiger partial charge in [0.05, 0.1) is 23.1 Å². The lowest BCUT2D eigenvalue weighted by atomic mass is 9.93. The molecule has 0 bridgehead atoms. The second-order valence-electron chi connectivity index (χ2n) is 11.4. The zero-order valence-electron chi connectivity index (χ0n) is 25.4. The third kappa shape index (κ3) is 6.46. The third-order valence-corrected chi connectivity index (χ3v) is 10.8. The Bertz CT molecular complexity index is 1740. The second-order valence-corrected chi connectivity index (χ2v) is 14.2. The Kier molecular flexibility index (Phi) is 9.56. The van der Waals surface area contributed by atoms with E-state index in [4.69, 9.17) is 32.9 Å². The van der Waals surface area contributed by atoms with E-state index in [1.165, 1.54) is 9.21 Å². The lowest BCUT2D eigenvalue weighted by molar-refractivity contribution is -0.123. The van der Waals surface area contributed by atoms with Crippen molar-refractivity contribution in [1.82, 2.24) is 19.4 Å². The van der Waals surface area contributed by atoms with E-state index in [9.17, 15) is 18.0 Å². The first-order chi connectivity index (χ1) is 22.2. The average molecular weight is 685 g/mol. The molecule has 0 spiro atoms. The van der Waals surface area contributed by atoms with Gasteiger partial charge in [-0.3, -0.25) is 14.7 Å². The summed E-state index contributed by atoms with van der Waals surface area (Å²) in [6.07, 6.45) is 2.58. The van der Waals surface area contributed by atoms with Gasteiger partial charge in [0.15, 0.2) is 0 Å². The Hall–Kier alpha value is -3.64. The van der Waals surface area contributed by atoms with Crippen LogP contribution in [0.2, 0.25) is 10.0 Å². The smallest absolute Gasteiger partial charge is 0.326 e. The molecule has 3 aromatic carbocycles. The van der Waals surface area contributed by atoms with Crippen LogP contribution in [0.1, 0.15) is 55.0 Å². The minimum absolute atomic E-state index is 0.0956. The highest BCUT2D eigenvalue weighted by Crippen LogP contribution is 2.46. The summed E-state index contributed by atoms with van der Waals surface area (Å²) in [6, 6.07) is 17.5. The minimum atomic E-state index is -3.83. The SMILES string of the molecule is CCOc1ccc(S(=O)(=O)N2CCCCC2)cc1C1=NC(c2ccc(Cl)cc2)C(c2ccc(Cl)cc2)N1C(=O)N1CCNC(=O)C1. The van der Waals surface area contributed by atoms with Crippen LogP contribution in [0.5, 0.6) is 5.75 Å². The van der Waals surface area contributed by atoms with Crippen molar-refractivity contribution in [3.63, 3.8) is 0 Å². The number of aliphatic imine (C=N–C) groups is 1. The molecule has 0 saturated carbocycles. The van der Waals surface area contributed by atoms with Crippen LogP contribution in [0.4, 0.5) is 4.79 Å². The quantitative estimate of drug-likeness (QED) is 0.345. The predicted molar refractivity (Wildman–Crippen MR) is 177 cm³/mol. The van der Waals surface area contributed by atoms with Crippen LogP contribution < -0.4 is 10.1 Å².